The molecule has 86 valence electrons. The third kappa shape index (κ3) is 3.46. The first kappa shape index (κ1) is 13.0. The van der Waals surface area contributed by atoms with Crippen LogP contribution in [0.1, 0.15) is 27.9 Å². The van der Waals surface area contributed by atoms with Crippen LogP contribution in [0, 0.1) is 18.8 Å². The Bertz CT molecular complexity index is 498. The fourth-order valence-electron chi connectivity index (χ4n) is 1.60. The number of hydrogen-bond donors (Lipinski definition) is 0. The van der Waals surface area contributed by atoms with Crippen LogP contribution in [0.3, 0.4) is 0 Å². The Kier molecular flexibility index (Phi) is 4.97. The molecule has 1 aromatic rings. The van der Waals surface area contributed by atoms with Gasteiger partial charge in [0.1, 0.15) is 0 Å². The highest BCUT2D eigenvalue weighted by molar-refractivity contribution is 6.10. The number of carbonyl (C=O) groups excluding carboxylic acids is 1. The summed E-state index contributed by atoms with van der Waals surface area (Å²) >= 11 is 0. The SMILES string of the molecule is C=CCC#CC(=O)c1cccc(C)c1CC=C. The number of hydrogen-bond acceptors (Lipinski definition) is 1. The molecule has 0 fully saturated rings. The molecular weight excluding hydrogens is 208 g/mol. The van der Waals surface area contributed by atoms with E-state index in [4.69, 9.17) is 0 Å². The van der Waals surface area contributed by atoms with Gasteiger partial charge in [-0.1, -0.05) is 36.3 Å². The zero-order valence-electron chi connectivity index (χ0n) is 10.1. The number of benzene rings is 1. The van der Waals surface area contributed by atoms with Gasteiger partial charge in [0, 0.05) is 12.0 Å². The topological polar surface area (TPSA) is 17.1 Å². The molecule has 0 bridgehead atoms. The maximum Gasteiger partial charge on any atom is 0.236 e. The smallest absolute Gasteiger partial charge is 0.236 e. The van der Waals surface area contributed by atoms with E-state index in [0.717, 1.165) is 11.1 Å². The lowest BCUT2D eigenvalue weighted by molar-refractivity contribution is 0.105. The molecule has 0 aliphatic heterocycles. The molecule has 17 heavy (non-hydrogen) atoms. The Morgan fingerprint density at radius 1 is 1.35 bits per heavy atom. The molecule has 0 spiro atoms. The minimum absolute atomic E-state index is 0.132. The van der Waals surface area contributed by atoms with Gasteiger partial charge in [0.25, 0.3) is 0 Å². The van der Waals surface area contributed by atoms with Crippen LogP contribution in [0.15, 0.2) is 43.5 Å². The van der Waals surface area contributed by atoms with E-state index in [2.05, 4.69) is 25.0 Å². The zero-order valence-corrected chi connectivity index (χ0v) is 10.1. The van der Waals surface area contributed by atoms with Crippen LogP contribution in [0.25, 0.3) is 0 Å². The zero-order chi connectivity index (χ0) is 12.7. The molecule has 0 heterocycles. The maximum absolute atomic E-state index is 11.9. The summed E-state index contributed by atoms with van der Waals surface area (Å²) < 4.78 is 0. The van der Waals surface area contributed by atoms with E-state index in [9.17, 15) is 4.79 Å². The number of rotatable bonds is 4. The molecule has 1 rings (SSSR count). The second-order valence-corrected chi connectivity index (χ2v) is 3.72. The molecule has 0 saturated heterocycles. The average molecular weight is 224 g/mol. The van der Waals surface area contributed by atoms with Gasteiger partial charge in [-0.05, 0) is 30.4 Å². The first-order valence-electron chi connectivity index (χ1n) is 5.54. The summed E-state index contributed by atoms with van der Waals surface area (Å²) in [7, 11) is 0. The Balaban J connectivity index is 3.09. The van der Waals surface area contributed by atoms with Crippen LogP contribution >= 0.6 is 0 Å². The van der Waals surface area contributed by atoms with E-state index in [0.29, 0.717) is 18.4 Å². The third-order valence-electron chi connectivity index (χ3n) is 2.45. The quantitative estimate of drug-likeness (QED) is 0.331. The van der Waals surface area contributed by atoms with Crippen molar-refractivity contribution in [3.8, 4) is 11.8 Å². The van der Waals surface area contributed by atoms with E-state index >= 15 is 0 Å². The lowest BCUT2D eigenvalue weighted by atomic mass is 9.96. The van der Waals surface area contributed by atoms with Crippen molar-refractivity contribution in [1.29, 1.82) is 0 Å². The molecule has 1 aromatic carbocycles. The predicted molar refractivity (Wildman–Crippen MR) is 72.0 cm³/mol. The van der Waals surface area contributed by atoms with Gasteiger partial charge in [0.05, 0.1) is 0 Å². The highest BCUT2D eigenvalue weighted by Crippen LogP contribution is 2.15. The van der Waals surface area contributed by atoms with Crippen molar-refractivity contribution in [2.75, 3.05) is 0 Å². The van der Waals surface area contributed by atoms with Gasteiger partial charge in [-0.3, -0.25) is 4.79 Å². The van der Waals surface area contributed by atoms with Gasteiger partial charge in [-0.25, -0.2) is 0 Å². The normalized spacial score (nSPS) is 9.00. The monoisotopic (exact) mass is 224 g/mol. The number of Topliss-reactive ketones (excluding diaryl/α,β-unsaturated/α-hetero) is 1. The molecule has 0 unspecified atom stereocenters. The van der Waals surface area contributed by atoms with Crippen LogP contribution in [0.5, 0.6) is 0 Å². The van der Waals surface area contributed by atoms with Crippen molar-refractivity contribution in [3.05, 3.63) is 60.2 Å². The van der Waals surface area contributed by atoms with Crippen LogP contribution in [0.2, 0.25) is 0 Å². The first-order valence-corrected chi connectivity index (χ1v) is 5.54. The maximum atomic E-state index is 11.9. The van der Waals surface area contributed by atoms with Crippen LogP contribution in [0.4, 0.5) is 0 Å². The number of allylic oxidation sites excluding steroid dienone is 2. The van der Waals surface area contributed by atoms with Gasteiger partial charge in [-0.15, -0.1) is 13.2 Å². The second kappa shape index (κ2) is 6.50. The number of ketones is 1. The van der Waals surface area contributed by atoms with E-state index in [1.54, 1.807) is 12.2 Å². The molecule has 1 heteroatoms. The highest BCUT2D eigenvalue weighted by Gasteiger charge is 2.09. The lowest BCUT2D eigenvalue weighted by Gasteiger charge is -2.07. The molecule has 0 atom stereocenters. The van der Waals surface area contributed by atoms with E-state index in [1.165, 1.54) is 0 Å². The van der Waals surface area contributed by atoms with Crippen molar-refractivity contribution in [3.63, 3.8) is 0 Å². The lowest BCUT2D eigenvalue weighted by Crippen LogP contribution is -2.02. The van der Waals surface area contributed by atoms with Crippen LogP contribution in [-0.4, -0.2) is 5.78 Å². The third-order valence-corrected chi connectivity index (χ3v) is 2.45. The Labute approximate surface area is 103 Å². The molecule has 0 saturated carbocycles. The highest BCUT2D eigenvalue weighted by atomic mass is 16.1. The van der Waals surface area contributed by atoms with Gasteiger partial charge in [-0.2, -0.15) is 0 Å². The van der Waals surface area contributed by atoms with Gasteiger partial charge in [0.2, 0.25) is 5.78 Å². The van der Waals surface area contributed by atoms with Crippen molar-refractivity contribution in [2.45, 2.75) is 19.8 Å². The Morgan fingerprint density at radius 3 is 2.76 bits per heavy atom. The van der Waals surface area contributed by atoms with E-state index < -0.39 is 0 Å². The molecule has 0 aliphatic carbocycles. The fourth-order valence-corrected chi connectivity index (χ4v) is 1.60. The summed E-state index contributed by atoms with van der Waals surface area (Å²) in [4.78, 5) is 11.9. The number of carbonyl (C=O) groups is 1. The van der Waals surface area contributed by atoms with E-state index in [1.807, 2.05) is 25.1 Å². The summed E-state index contributed by atoms with van der Waals surface area (Å²) in [5.74, 6) is 5.28. The molecule has 0 aliphatic rings. The largest absolute Gasteiger partial charge is 0.279 e. The Morgan fingerprint density at radius 2 is 2.12 bits per heavy atom. The van der Waals surface area contributed by atoms with Gasteiger partial charge >= 0.3 is 0 Å². The summed E-state index contributed by atoms with van der Waals surface area (Å²) in [6.07, 6.45) is 4.71. The van der Waals surface area contributed by atoms with Crippen molar-refractivity contribution in [2.24, 2.45) is 0 Å². The predicted octanol–water partition coefficient (Wildman–Crippen LogP) is 3.49. The molecular formula is C16H16O. The van der Waals surface area contributed by atoms with Crippen LogP contribution < -0.4 is 0 Å². The molecule has 0 radical (unpaired) electrons. The molecule has 0 aromatic heterocycles. The summed E-state index contributed by atoms with van der Waals surface area (Å²) in [5, 5.41) is 0. The van der Waals surface area contributed by atoms with E-state index in [-0.39, 0.29) is 5.78 Å². The summed E-state index contributed by atoms with van der Waals surface area (Å²) in [6, 6.07) is 5.69. The van der Waals surface area contributed by atoms with Crippen LogP contribution in [-0.2, 0) is 6.42 Å². The van der Waals surface area contributed by atoms with Gasteiger partial charge in [0.15, 0.2) is 0 Å². The summed E-state index contributed by atoms with van der Waals surface area (Å²) in [5.41, 5.74) is 2.79. The fraction of sp³-hybridized carbons (Fsp3) is 0.188. The number of aryl methyl sites for hydroxylation is 1. The minimum atomic E-state index is -0.132. The molecule has 0 amide bonds. The molecule has 1 nitrogen and oxygen atoms in total. The van der Waals surface area contributed by atoms with Crippen molar-refractivity contribution < 1.29 is 4.79 Å². The van der Waals surface area contributed by atoms with Crippen molar-refractivity contribution >= 4 is 5.78 Å². The first-order chi connectivity index (χ1) is 8.20. The Hall–Kier alpha value is -2.07. The van der Waals surface area contributed by atoms with Crippen molar-refractivity contribution in [1.82, 2.24) is 0 Å². The average Bonchev–Trinajstić information content (AvgIpc) is 2.32. The van der Waals surface area contributed by atoms with Gasteiger partial charge < -0.3 is 0 Å². The second-order valence-electron chi connectivity index (χ2n) is 3.72. The minimum Gasteiger partial charge on any atom is -0.279 e. The standard InChI is InChI=1S/C16H16O/c1-4-6-7-12-16(17)15-11-8-10-13(3)14(15)9-5-2/h4-5,8,10-11H,1-2,6,9H2,3H3. The molecule has 0 N–H and O–H groups in total. The summed E-state index contributed by atoms with van der Waals surface area (Å²) in [6.45, 7) is 9.27.